The number of aromatic amines is 1. The predicted molar refractivity (Wildman–Crippen MR) is 56.5 cm³/mol. The summed E-state index contributed by atoms with van der Waals surface area (Å²) in [5.74, 6) is -0.901. The maximum absolute atomic E-state index is 11.4. The average Bonchev–Trinajstić information content (AvgIpc) is 2.21. The van der Waals surface area contributed by atoms with Gasteiger partial charge in [-0.3, -0.25) is 9.59 Å². The van der Waals surface area contributed by atoms with E-state index in [0.29, 0.717) is 12.2 Å². The number of esters is 1. The minimum absolute atomic E-state index is 0.0676. The molecule has 1 aromatic heterocycles. The number of anilines is 1. The topological polar surface area (TPSA) is 85.2 Å². The van der Waals surface area contributed by atoms with E-state index < -0.39 is 5.92 Å². The van der Waals surface area contributed by atoms with Crippen LogP contribution in [0.25, 0.3) is 0 Å². The highest BCUT2D eigenvalue weighted by atomic mass is 16.5. The maximum atomic E-state index is 11.4. The number of rotatable bonds is 3. The predicted octanol–water partition coefficient (Wildman–Crippen LogP) is 0.624. The van der Waals surface area contributed by atoms with Crippen molar-refractivity contribution in [2.75, 3.05) is 12.3 Å². The van der Waals surface area contributed by atoms with E-state index in [-0.39, 0.29) is 17.2 Å². The standard InChI is InChI=1S/C10H14N2O3/c1-3-15-10(14)6(2)7-4-5-12-9(13)8(7)11/h4-6H,3,11H2,1-2H3,(H,12,13). The van der Waals surface area contributed by atoms with Gasteiger partial charge in [0.2, 0.25) is 0 Å². The van der Waals surface area contributed by atoms with Gasteiger partial charge in [-0.1, -0.05) is 0 Å². The van der Waals surface area contributed by atoms with Crippen molar-refractivity contribution in [1.29, 1.82) is 0 Å². The molecule has 1 unspecified atom stereocenters. The Bertz CT molecular complexity index is 411. The Morgan fingerprint density at radius 3 is 2.93 bits per heavy atom. The molecule has 0 bridgehead atoms. The first kappa shape index (κ1) is 11.3. The average molecular weight is 210 g/mol. The number of hydrogen-bond acceptors (Lipinski definition) is 4. The number of ether oxygens (including phenoxy) is 1. The van der Waals surface area contributed by atoms with E-state index in [1.807, 2.05) is 0 Å². The minimum Gasteiger partial charge on any atom is -0.466 e. The molecule has 5 heteroatoms. The molecule has 1 atom stereocenters. The molecule has 3 N–H and O–H groups in total. The fourth-order valence-corrected chi connectivity index (χ4v) is 1.28. The Hall–Kier alpha value is -1.78. The Labute approximate surface area is 87.3 Å². The van der Waals surface area contributed by atoms with E-state index in [1.54, 1.807) is 19.9 Å². The third-order valence-electron chi connectivity index (χ3n) is 2.14. The van der Waals surface area contributed by atoms with E-state index in [0.717, 1.165) is 0 Å². The smallest absolute Gasteiger partial charge is 0.313 e. The van der Waals surface area contributed by atoms with Gasteiger partial charge in [0.1, 0.15) is 5.69 Å². The minimum atomic E-state index is -0.521. The normalized spacial score (nSPS) is 12.1. The SMILES string of the molecule is CCOC(=O)C(C)c1cc[nH]c(=O)c1N. The molecular weight excluding hydrogens is 196 g/mol. The molecule has 1 rings (SSSR count). The molecular formula is C10H14N2O3. The lowest BCUT2D eigenvalue weighted by Crippen LogP contribution is -2.19. The molecule has 0 spiro atoms. The zero-order valence-corrected chi connectivity index (χ0v) is 8.74. The maximum Gasteiger partial charge on any atom is 0.313 e. The van der Waals surface area contributed by atoms with Crippen molar-refractivity contribution in [3.8, 4) is 0 Å². The second-order valence-corrected chi connectivity index (χ2v) is 3.15. The van der Waals surface area contributed by atoms with Gasteiger partial charge in [-0.05, 0) is 25.5 Å². The van der Waals surface area contributed by atoms with Crippen molar-refractivity contribution in [3.05, 3.63) is 28.2 Å². The molecule has 0 aromatic carbocycles. The van der Waals surface area contributed by atoms with Crippen LogP contribution in [0.5, 0.6) is 0 Å². The van der Waals surface area contributed by atoms with Crippen LogP contribution in [0.15, 0.2) is 17.1 Å². The zero-order chi connectivity index (χ0) is 11.4. The number of nitrogen functional groups attached to an aromatic ring is 1. The third kappa shape index (κ3) is 2.37. The number of hydrogen-bond donors (Lipinski definition) is 2. The first-order valence-electron chi connectivity index (χ1n) is 4.71. The van der Waals surface area contributed by atoms with Crippen molar-refractivity contribution < 1.29 is 9.53 Å². The summed E-state index contributed by atoms with van der Waals surface area (Å²) < 4.78 is 4.85. The van der Waals surface area contributed by atoms with E-state index in [1.165, 1.54) is 6.20 Å². The van der Waals surface area contributed by atoms with Crippen LogP contribution in [-0.2, 0) is 9.53 Å². The van der Waals surface area contributed by atoms with Crippen molar-refractivity contribution in [3.63, 3.8) is 0 Å². The lowest BCUT2D eigenvalue weighted by molar-refractivity contribution is -0.144. The highest BCUT2D eigenvalue weighted by Crippen LogP contribution is 2.19. The van der Waals surface area contributed by atoms with Gasteiger partial charge in [0.25, 0.3) is 5.56 Å². The Kier molecular flexibility index (Phi) is 3.49. The molecule has 15 heavy (non-hydrogen) atoms. The van der Waals surface area contributed by atoms with E-state index in [4.69, 9.17) is 10.5 Å². The molecule has 1 aromatic rings. The van der Waals surface area contributed by atoms with E-state index >= 15 is 0 Å². The molecule has 1 heterocycles. The third-order valence-corrected chi connectivity index (χ3v) is 2.14. The molecule has 0 saturated carbocycles. The molecule has 5 nitrogen and oxygen atoms in total. The summed E-state index contributed by atoms with van der Waals surface area (Å²) in [4.78, 5) is 25.0. The highest BCUT2D eigenvalue weighted by molar-refractivity contribution is 5.79. The number of carbonyl (C=O) groups excluding carboxylic acids is 1. The molecule has 0 saturated heterocycles. The summed E-state index contributed by atoms with van der Waals surface area (Å²) in [5, 5.41) is 0. The van der Waals surface area contributed by atoms with Gasteiger partial charge in [-0.2, -0.15) is 0 Å². The molecule has 0 radical (unpaired) electrons. The Morgan fingerprint density at radius 1 is 1.67 bits per heavy atom. The van der Waals surface area contributed by atoms with Gasteiger partial charge in [0.05, 0.1) is 12.5 Å². The van der Waals surface area contributed by atoms with Crippen molar-refractivity contribution >= 4 is 11.7 Å². The van der Waals surface area contributed by atoms with Crippen LogP contribution in [0.3, 0.4) is 0 Å². The number of nitrogens with two attached hydrogens (primary N) is 1. The summed E-state index contributed by atoms with van der Waals surface area (Å²) in [5.41, 5.74) is 5.75. The van der Waals surface area contributed by atoms with Gasteiger partial charge < -0.3 is 15.5 Å². The van der Waals surface area contributed by atoms with Crippen LogP contribution >= 0.6 is 0 Å². The van der Waals surface area contributed by atoms with Crippen molar-refractivity contribution in [2.45, 2.75) is 19.8 Å². The van der Waals surface area contributed by atoms with E-state index in [9.17, 15) is 9.59 Å². The monoisotopic (exact) mass is 210 g/mol. The number of pyridine rings is 1. The van der Waals surface area contributed by atoms with Crippen molar-refractivity contribution in [1.82, 2.24) is 4.98 Å². The molecule has 0 amide bonds. The van der Waals surface area contributed by atoms with Crippen LogP contribution in [0.1, 0.15) is 25.3 Å². The fraction of sp³-hybridized carbons (Fsp3) is 0.400. The molecule has 0 aliphatic heterocycles. The second kappa shape index (κ2) is 4.63. The lowest BCUT2D eigenvalue weighted by atomic mass is 10.0. The molecule has 0 fully saturated rings. The molecule has 82 valence electrons. The van der Waals surface area contributed by atoms with Crippen LogP contribution < -0.4 is 11.3 Å². The number of H-pyrrole nitrogens is 1. The zero-order valence-electron chi connectivity index (χ0n) is 8.74. The number of aromatic nitrogens is 1. The fourth-order valence-electron chi connectivity index (χ4n) is 1.28. The largest absolute Gasteiger partial charge is 0.466 e. The van der Waals surface area contributed by atoms with Crippen LogP contribution in [0.4, 0.5) is 5.69 Å². The second-order valence-electron chi connectivity index (χ2n) is 3.15. The highest BCUT2D eigenvalue weighted by Gasteiger charge is 2.19. The van der Waals surface area contributed by atoms with Gasteiger partial charge in [0, 0.05) is 6.20 Å². The summed E-state index contributed by atoms with van der Waals surface area (Å²) >= 11 is 0. The van der Waals surface area contributed by atoms with Crippen LogP contribution in [-0.4, -0.2) is 17.6 Å². The van der Waals surface area contributed by atoms with Crippen molar-refractivity contribution in [2.24, 2.45) is 0 Å². The summed E-state index contributed by atoms with van der Waals surface area (Å²) in [7, 11) is 0. The van der Waals surface area contributed by atoms with Gasteiger partial charge in [0.15, 0.2) is 0 Å². The van der Waals surface area contributed by atoms with E-state index in [2.05, 4.69) is 4.98 Å². The van der Waals surface area contributed by atoms with Gasteiger partial charge in [-0.15, -0.1) is 0 Å². The van der Waals surface area contributed by atoms with Gasteiger partial charge >= 0.3 is 5.97 Å². The molecule has 0 aliphatic rings. The first-order chi connectivity index (χ1) is 7.07. The first-order valence-corrected chi connectivity index (χ1v) is 4.71. The van der Waals surface area contributed by atoms with Gasteiger partial charge in [-0.25, -0.2) is 0 Å². The summed E-state index contributed by atoms with van der Waals surface area (Å²) in [6, 6.07) is 1.61. The lowest BCUT2D eigenvalue weighted by Gasteiger charge is -2.11. The summed E-state index contributed by atoms with van der Waals surface area (Å²) in [6.07, 6.45) is 1.46. The number of nitrogens with one attached hydrogen (secondary N) is 1. The van der Waals surface area contributed by atoms with Crippen LogP contribution in [0, 0.1) is 0 Å². The quantitative estimate of drug-likeness (QED) is 0.716. The van der Waals surface area contributed by atoms with Crippen LogP contribution in [0.2, 0.25) is 0 Å². The molecule has 0 aliphatic carbocycles. The Balaban J connectivity index is 3.01. The Morgan fingerprint density at radius 2 is 2.33 bits per heavy atom. The summed E-state index contributed by atoms with van der Waals surface area (Å²) in [6.45, 7) is 3.70. The number of carbonyl (C=O) groups is 1.